The Kier molecular flexibility index (Phi) is 16.9. The van der Waals surface area contributed by atoms with Crippen molar-refractivity contribution in [2.45, 2.75) is 96.0 Å². The highest BCUT2D eigenvalue weighted by Gasteiger charge is 2.52. The Morgan fingerprint density at radius 2 is 0.737 bits per heavy atom. The number of nitrogens with zero attached hydrogens (tertiary/aromatic N) is 1. The predicted molar refractivity (Wildman–Crippen MR) is 293 cm³/mol. The molecule has 2 saturated heterocycles. The lowest BCUT2D eigenvalue weighted by Gasteiger charge is -2.47. The van der Waals surface area contributed by atoms with Crippen LogP contribution in [0.15, 0.2) is 206 Å². The van der Waals surface area contributed by atoms with Crippen molar-refractivity contribution in [3.8, 4) is 34.5 Å². The number of fused-ring (bicyclic) bond motifs is 2. The fourth-order valence-corrected chi connectivity index (χ4v) is 10.6. The normalized spacial score (nSPS) is 18.0. The summed E-state index contributed by atoms with van der Waals surface area (Å²) in [5, 5.41) is 10.2. The third-order valence-corrected chi connectivity index (χ3v) is 14.7. The van der Waals surface area contributed by atoms with E-state index < -0.39 is 5.92 Å². The molecule has 3 unspecified atom stereocenters. The van der Waals surface area contributed by atoms with E-state index in [1.54, 1.807) is 0 Å². The molecule has 0 spiro atoms. The summed E-state index contributed by atoms with van der Waals surface area (Å²) in [7, 11) is 2.34. The number of hydrogen-bond acceptors (Lipinski definition) is 9. The van der Waals surface area contributed by atoms with Crippen molar-refractivity contribution in [2.24, 2.45) is 0 Å². The molecule has 0 amide bonds. The van der Waals surface area contributed by atoms with Crippen molar-refractivity contribution >= 4 is 5.97 Å². The molecule has 2 aliphatic rings. The van der Waals surface area contributed by atoms with Crippen LogP contribution in [-0.4, -0.2) is 47.4 Å². The summed E-state index contributed by atoms with van der Waals surface area (Å²) in [5.74, 6) is 2.98. The zero-order chi connectivity index (χ0) is 51.9. The van der Waals surface area contributed by atoms with Gasteiger partial charge in [-0.3, -0.25) is 4.79 Å². The number of benzene rings is 8. The fraction of sp³-hybridized carbons (Fsp3) is 0.258. The van der Waals surface area contributed by atoms with E-state index in [-0.39, 0.29) is 44.0 Å². The predicted octanol–water partition coefficient (Wildman–Crippen LogP) is 13.1. The lowest BCUT2D eigenvalue weighted by atomic mass is 9.94. The molecule has 0 aliphatic carbocycles. The highest BCUT2D eigenvalue weighted by Crippen LogP contribution is 2.44. The largest absolute Gasteiger partial charge is 0.489 e. The maximum Gasteiger partial charge on any atom is 0.316 e. The van der Waals surface area contributed by atoms with Crippen molar-refractivity contribution in [3.05, 3.63) is 251 Å². The summed E-state index contributed by atoms with van der Waals surface area (Å²) < 4.78 is 45.9. The van der Waals surface area contributed by atoms with Crippen LogP contribution < -0.4 is 28.4 Å². The van der Waals surface area contributed by atoms with E-state index in [4.69, 9.17) is 33.2 Å². The summed E-state index contributed by atoms with van der Waals surface area (Å²) in [6.45, 7) is 2.57. The molecular weight excluding hydrogens is 951 g/mol. The second-order valence-corrected chi connectivity index (χ2v) is 20.2. The number of piperidine rings is 1. The zero-order valence-electron chi connectivity index (χ0n) is 43.1. The maximum absolute atomic E-state index is 13.5. The van der Waals surface area contributed by atoms with Gasteiger partial charge in [0.05, 0.1) is 25.7 Å². The average Bonchev–Trinajstić information content (AvgIpc) is 3.65. The Bertz CT molecular complexity index is 2810. The Balaban J connectivity index is 0.902. The molecular formula is C66H66NO9+. The number of aliphatic hydroxyl groups excluding tert-OH is 1. The monoisotopic (exact) mass is 1020 g/mol. The molecule has 0 radical (unpaired) electrons. The van der Waals surface area contributed by atoms with Gasteiger partial charge in [-0.15, -0.1) is 0 Å². The molecule has 8 aromatic rings. The van der Waals surface area contributed by atoms with Crippen molar-refractivity contribution in [3.63, 3.8) is 0 Å². The molecule has 10 heteroatoms. The summed E-state index contributed by atoms with van der Waals surface area (Å²) in [4.78, 5) is 13.5. The minimum atomic E-state index is -0.710. The average molecular weight is 1020 g/mol. The Labute approximate surface area is 446 Å². The molecule has 76 heavy (non-hydrogen) atoms. The first-order valence-corrected chi connectivity index (χ1v) is 26.4. The molecule has 0 saturated carbocycles. The van der Waals surface area contributed by atoms with Crippen molar-refractivity contribution in [1.29, 1.82) is 0 Å². The Hall–Kier alpha value is -8.05. The van der Waals surface area contributed by atoms with Crippen molar-refractivity contribution < 1.29 is 47.5 Å². The van der Waals surface area contributed by atoms with Crippen LogP contribution in [-0.2, 0) is 55.7 Å². The molecule has 10 nitrogen and oxygen atoms in total. The van der Waals surface area contributed by atoms with Gasteiger partial charge in [-0.1, -0.05) is 152 Å². The van der Waals surface area contributed by atoms with Gasteiger partial charge in [0.1, 0.15) is 92.7 Å². The molecule has 2 heterocycles. The third-order valence-electron chi connectivity index (χ3n) is 14.7. The highest BCUT2D eigenvalue weighted by molar-refractivity contribution is 5.78. The van der Waals surface area contributed by atoms with Crippen molar-refractivity contribution in [1.82, 2.24) is 0 Å². The second kappa shape index (κ2) is 25.0. The quantitative estimate of drug-likeness (QED) is 0.0468. The number of hydrogen-bond donors (Lipinski definition) is 1. The number of ether oxygens (including phenoxy) is 7. The molecule has 0 aromatic heterocycles. The van der Waals surface area contributed by atoms with Crippen LogP contribution in [0.5, 0.6) is 34.5 Å². The third kappa shape index (κ3) is 13.8. The molecule has 2 fully saturated rings. The van der Waals surface area contributed by atoms with Gasteiger partial charge in [-0.05, 0) is 75.3 Å². The van der Waals surface area contributed by atoms with E-state index in [0.717, 1.165) is 81.2 Å². The number of carbonyl (C=O) groups excluding carboxylic acids is 1. The van der Waals surface area contributed by atoms with E-state index in [1.807, 2.05) is 194 Å². The number of carbonyl (C=O) groups is 1. The minimum Gasteiger partial charge on any atom is -0.489 e. The first kappa shape index (κ1) is 51.4. The lowest BCUT2D eigenvalue weighted by molar-refractivity contribution is -0.961. The molecule has 1 N–H and O–H groups in total. The van der Waals surface area contributed by atoms with E-state index in [1.165, 1.54) is 0 Å². The van der Waals surface area contributed by atoms with E-state index in [0.29, 0.717) is 60.9 Å². The first-order valence-electron chi connectivity index (χ1n) is 26.4. The van der Waals surface area contributed by atoms with Crippen LogP contribution in [0, 0.1) is 0 Å². The number of quaternary nitrogens is 1. The maximum atomic E-state index is 13.5. The van der Waals surface area contributed by atoms with Gasteiger partial charge in [0.2, 0.25) is 0 Å². The van der Waals surface area contributed by atoms with E-state index in [2.05, 4.69) is 19.2 Å². The molecule has 2 bridgehead atoms. The van der Waals surface area contributed by atoms with Gasteiger partial charge in [0, 0.05) is 49.4 Å². The SMILES string of the molecule is C[N+]1(Cc2cc(OCc3cc(OCc4ccccc4)cc(OCc4ccccc4)c3)cc(OCc3cc(OCc4ccccc4)cc(OCc4ccccc4)c3)c2)[C@@H]2CC[C@H]1CC(OC(=O)C(CO)c1ccccc1)C2. The summed E-state index contributed by atoms with van der Waals surface area (Å²) in [6, 6.07) is 68.5. The number of aliphatic hydroxyl groups is 1. The van der Waals surface area contributed by atoms with Crippen LogP contribution in [0.4, 0.5) is 0 Å². The Morgan fingerprint density at radius 1 is 0.434 bits per heavy atom. The van der Waals surface area contributed by atoms with Gasteiger partial charge >= 0.3 is 5.97 Å². The Morgan fingerprint density at radius 3 is 1.07 bits per heavy atom. The second-order valence-electron chi connectivity index (χ2n) is 20.2. The van der Waals surface area contributed by atoms with Gasteiger partial charge in [-0.2, -0.15) is 0 Å². The minimum absolute atomic E-state index is 0.217. The summed E-state index contributed by atoms with van der Waals surface area (Å²) >= 11 is 0. The first-order chi connectivity index (χ1) is 37.3. The summed E-state index contributed by atoms with van der Waals surface area (Å²) in [5.41, 5.74) is 7.88. The van der Waals surface area contributed by atoms with Crippen LogP contribution in [0.2, 0.25) is 0 Å². The van der Waals surface area contributed by atoms with Gasteiger partial charge < -0.3 is 42.7 Å². The zero-order valence-corrected chi connectivity index (χ0v) is 43.1. The highest BCUT2D eigenvalue weighted by atomic mass is 16.5. The summed E-state index contributed by atoms with van der Waals surface area (Å²) in [6.07, 6.45) is 3.35. The van der Waals surface area contributed by atoms with E-state index >= 15 is 0 Å². The fourth-order valence-electron chi connectivity index (χ4n) is 10.6. The van der Waals surface area contributed by atoms with Crippen LogP contribution in [0.25, 0.3) is 0 Å². The number of esters is 1. The van der Waals surface area contributed by atoms with Crippen LogP contribution >= 0.6 is 0 Å². The van der Waals surface area contributed by atoms with Gasteiger partial charge in [0.25, 0.3) is 0 Å². The number of rotatable bonds is 24. The molecule has 10 rings (SSSR count). The standard InChI is InChI=1S/C66H66NO9/c1-67(56-27-28-57(67)36-64(35-56)76-66(69)65(41-68)55-25-15-6-16-26-55)40-52-29-58(74-46-53-31-60(70-42-48-17-7-2-8-18-48)38-61(32-53)71-43-49-19-9-3-10-20-49)37-59(30-52)75-47-54-33-62(72-44-50-21-11-4-12-22-50)39-63(34-54)73-45-51-23-13-5-14-24-51/h2-26,29-34,37-39,56-57,64-65,68H,27-28,35-36,40-47H2,1H3/q+1/t56-,57+,64?,65?,67?. The van der Waals surface area contributed by atoms with Crippen LogP contribution in [0.3, 0.4) is 0 Å². The lowest BCUT2D eigenvalue weighted by Crippen LogP contribution is -2.58. The molecule has 388 valence electrons. The topological polar surface area (TPSA) is 102 Å². The smallest absolute Gasteiger partial charge is 0.316 e. The molecule has 8 aromatic carbocycles. The molecule has 5 atom stereocenters. The van der Waals surface area contributed by atoms with E-state index in [9.17, 15) is 9.90 Å². The molecule has 2 aliphatic heterocycles. The van der Waals surface area contributed by atoms with Crippen molar-refractivity contribution in [2.75, 3.05) is 13.7 Å². The van der Waals surface area contributed by atoms with Gasteiger partial charge in [-0.25, -0.2) is 0 Å². The van der Waals surface area contributed by atoms with Crippen LogP contribution in [0.1, 0.15) is 76.1 Å². The van der Waals surface area contributed by atoms with Gasteiger partial charge in [0.15, 0.2) is 0 Å².